The predicted octanol–water partition coefficient (Wildman–Crippen LogP) is 0.678. The van der Waals surface area contributed by atoms with Gasteiger partial charge in [-0.2, -0.15) is 0 Å². The predicted molar refractivity (Wildman–Crippen MR) is 63.5 cm³/mol. The second-order valence-corrected chi connectivity index (χ2v) is 4.01. The van der Waals surface area contributed by atoms with Crippen LogP contribution >= 0.6 is 0 Å². The van der Waals surface area contributed by atoms with E-state index in [2.05, 4.69) is 30.4 Å². The second kappa shape index (κ2) is 8.78. The molecule has 0 fully saturated rings. The van der Waals surface area contributed by atoms with E-state index in [1.54, 1.807) is 0 Å². The molecular weight excluding hydrogens is 204 g/mol. The lowest BCUT2D eigenvalue weighted by atomic mass is 10.1. The number of hydrogen-bond donors (Lipinski definition) is 2. The zero-order valence-electron chi connectivity index (χ0n) is 10.0. The lowest BCUT2D eigenvalue weighted by Gasteiger charge is -2.06. The second-order valence-electron chi connectivity index (χ2n) is 4.01. The van der Waals surface area contributed by atoms with Crippen LogP contribution in [0.3, 0.4) is 0 Å². The third kappa shape index (κ3) is 9.07. The summed E-state index contributed by atoms with van der Waals surface area (Å²) in [6.45, 7) is 4.74. The molecule has 0 aromatic rings. The minimum absolute atomic E-state index is 0.00144. The molecule has 16 heavy (non-hydrogen) atoms. The molecule has 0 saturated heterocycles. The van der Waals surface area contributed by atoms with E-state index in [0.717, 1.165) is 6.42 Å². The van der Waals surface area contributed by atoms with Crippen molar-refractivity contribution in [1.82, 2.24) is 10.6 Å². The fourth-order valence-electron chi connectivity index (χ4n) is 1.06. The molecule has 0 aliphatic rings. The van der Waals surface area contributed by atoms with Crippen LogP contribution in [-0.2, 0) is 9.59 Å². The first-order valence-corrected chi connectivity index (χ1v) is 5.53. The molecule has 2 amide bonds. The Morgan fingerprint density at radius 3 is 2.38 bits per heavy atom. The van der Waals surface area contributed by atoms with Crippen LogP contribution in [0.4, 0.5) is 0 Å². The van der Waals surface area contributed by atoms with Gasteiger partial charge in [-0.3, -0.25) is 9.59 Å². The van der Waals surface area contributed by atoms with Crippen molar-refractivity contribution in [2.75, 3.05) is 13.1 Å². The van der Waals surface area contributed by atoms with E-state index in [9.17, 15) is 9.59 Å². The molecule has 4 nitrogen and oxygen atoms in total. The minimum atomic E-state index is -0.137. The quantitative estimate of drug-likeness (QED) is 0.625. The molecule has 2 N–H and O–H groups in total. The fourth-order valence-corrected chi connectivity index (χ4v) is 1.06. The SMILES string of the molecule is C#CCNC(=O)CCNC(=O)CCC(C)C. The number of rotatable bonds is 7. The van der Waals surface area contributed by atoms with Crippen LogP contribution < -0.4 is 10.6 Å². The lowest BCUT2D eigenvalue weighted by molar-refractivity contribution is -0.122. The summed E-state index contributed by atoms with van der Waals surface area (Å²) >= 11 is 0. The molecule has 0 spiro atoms. The maximum atomic E-state index is 11.3. The van der Waals surface area contributed by atoms with E-state index < -0.39 is 0 Å². The van der Waals surface area contributed by atoms with Crippen molar-refractivity contribution in [3.05, 3.63) is 0 Å². The molecular formula is C12H20N2O2. The Bertz CT molecular complexity index is 267. The van der Waals surface area contributed by atoms with Crippen molar-refractivity contribution in [3.63, 3.8) is 0 Å². The number of terminal acetylenes is 1. The topological polar surface area (TPSA) is 58.2 Å². The normalized spacial score (nSPS) is 9.62. The van der Waals surface area contributed by atoms with Crippen molar-refractivity contribution >= 4 is 11.8 Å². The molecule has 4 heteroatoms. The zero-order valence-corrected chi connectivity index (χ0v) is 10.0. The van der Waals surface area contributed by atoms with E-state index in [0.29, 0.717) is 18.9 Å². The fraction of sp³-hybridized carbons (Fsp3) is 0.667. The van der Waals surface area contributed by atoms with Gasteiger partial charge in [-0.25, -0.2) is 0 Å². The van der Waals surface area contributed by atoms with Gasteiger partial charge in [-0.15, -0.1) is 6.42 Å². The van der Waals surface area contributed by atoms with Crippen LogP contribution in [0.2, 0.25) is 0 Å². The van der Waals surface area contributed by atoms with Gasteiger partial charge in [0.25, 0.3) is 0 Å². The summed E-state index contributed by atoms with van der Waals surface area (Å²) in [7, 11) is 0. The Hall–Kier alpha value is -1.50. The largest absolute Gasteiger partial charge is 0.356 e. The van der Waals surface area contributed by atoms with Crippen molar-refractivity contribution in [2.45, 2.75) is 33.1 Å². The summed E-state index contributed by atoms with van der Waals surface area (Å²) in [4.78, 5) is 22.4. The monoisotopic (exact) mass is 224 g/mol. The average molecular weight is 224 g/mol. The standard InChI is InChI=1S/C12H20N2O2/c1-4-8-13-12(16)7-9-14-11(15)6-5-10(2)3/h1,10H,5-9H2,2-3H3,(H,13,16)(H,14,15). The van der Waals surface area contributed by atoms with Gasteiger partial charge in [0.1, 0.15) is 0 Å². The summed E-state index contributed by atoms with van der Waals surface area (Å²) in [6.07, 6.45) is 6.65. The van der Waals surface area contributed by atoms with E-state index in [1.165, 1.54) is 0 Å². The van der Waals surface area contributed by atoms with Crippen LogP contribution in [0.25, 0.3) is 0 Å². The smallest absolute Gasteiger partial charge is 0.222 e. The number of amides is 2. The molecule has 0 heterocycles. The molecule has 0 aliphatic heterocycles. The first kappa shape index (κ1) is 14.5. The Kier molecular flexibility index (Phi) is 7.96. The van der Waals surface area contributed by atoms with Crippen molar-refractivity contribution in [3.8, 4) is 12.3 Å². The molecule has 0 atom stereocenters. The number of carbonyl (C=O) groups excluding carboxylic acids is 2. The summed E-state index contributed by atoms with van der Waals surface area (Å²) in [5, 5.41) is 5.22. The van der Waals surface area contributed by atoms with Gasteiger partial charge >= 0.3 is 0 Å². The molecule has 0 aliphatic carbocycles. The molecule has 0 aromatic heterocycles. The molecule has 0 saturated carbocycles. The highest BCUT2D eigenvalue weighted by Crippen LogP contribution is 2.02. The molecule has 90 valence electrons. The highest BCUT2D eigenvalue weighted by Gasteiger charge is 2.04. The third-order valence-corrected chi connectivity index (χ3v) is 2.01. The molecule has 0 rings (SSSR count). The number of carbonyl (C=O) groups is 2. The van der Waals surface area contributed by atoms with Gasteiger partial charge in [0.05, 0.1) is 6.54 Å². The summed E-state index contributed by atoms with van der Waals surface area (Å²) < 4.78 is 0. The minimum Gasteiger partial charge on any atom is -0.356 e. The summed E-state index contributed by atoms with van der Waals surface area (Å²) in [6, 6.07) is 0. The van der Waals surface area contributed by atoms with Crippen LogP contribution in [0.1, 0.15) is 33.1 Å². The van der Waals surface area contributed by atoms with Gasteiger partial charge in [-0.05, 0) is 12.3 Å². The van der Waals surface area contributed by atoms with E-state index in [-0.39, 0.29) is 24.8 Å². The Morgan fingerprint density at radius 1 is 1.19 bits per heavy atom. The number of hydrogen-bond acceptors (Lipinski definition) is 2. The van der Waals surface area contributed by atoms with Crippen molar-refractivity contribution in [2.24, 2.45) is 5.92 Å². The maximum Gasteiger partial charge on any atom is 0.222 e. The van der Waals surface area contributed by atoms with Crippen LogP contribution in [0.15, 0.2) is 0 Å². The number of nitrogens with one attached hydrogen (secondary N) is 2. The van der Waals surface area contributed by atoms with Crippen LogP contribution in [-0.4, -0.2) is 24.9 Å². The zero-order chi connectivity index (χ0) is 12.4. The third-order valence-electron chi connectivity index (χ3n) is 2.01. The van der Waals surface area contributed by atoms with Gasteiger partial charge in [0.15, 0.2) is 0 Å². The molecule has 0 bridgehead atoms. The average Bonchev–Trinajstić information content (AvgIpc) is 2.23. The highest BCUT2D eigenvalue weighted by atomic mass is 16.2. The van der Waals surface area contributed by atoms with Gasteiger partial charge in [-0.1, -0.05) is 19.8 Å². The van der Waals surface area contributed by atoms with Gasteiger partial charge in [0, 0.05) is 19.4 Å². The Labute approximate surface area is 97.2 Å². The van der Waals surface area contributed by atoms with E-state index in [4.69, 9.17) is 6.42 Å². The summed E-state index contributed by atoms with van der Waals surface area (Å²) in [5.41, 5.74) is 0. The Morgan fingerprint density at radius 2 is 1.81 bits per heavy atom. The lowest BCUT2D eigenvalue weighted by Crippen LogP contribution is -2.30. The van der Waals surface area contributed by atoms with Gasteiger partial charge < -0.3 is 10.6 Å². The maximum absolute atomic E-state index is 11.3. The van der Waals surface area contributed by atoms with Gasteiger partial charge in [0.2, 0.25) is 11.8 Å². The molecule has 0 aromatic carbocycles. The molecule has 0 unspecified atom stereocenters. The van der Waals surface area contributed by atoms with Crippen molar-refractivity contribution in [1.29, 1.82) is 0 Å². The molecule has 0 radical (unpaired) electrons. The van der Waals surface area contributed by atoms with Crippen molar-refractivity contribution < 1.29 is 9.59 Å². The highest BCUT2D eigenvalue weighted by molar-refractivity contribution is 5.79. The first-order valence-electron chi connectivity index (χ1n) is 5.53. The Balaban J connectivity index is 3.47. The summed E-state index contributed by atoms with van der Waals surface area (Å²) in [5.74, 6) is 2.69. The van der Waals surface area contributed by atoms with E-state index in [1.807, 2.05) is 0 Å². The van der Waals surface area contributed by atoms with E-state index >= 15 is 0 Å². The van der Waals surface area contributed by atoms with Crippen LogP contribution in [0.5, 0.6) is 0 Å². The first-order chi connectivity index (χ1) is 7.56. The van der Waals surface area contributed by atoms with Crippen LogP contribution in [0, 0.1) is 18.3 Å².